The molecule has 1 unspecified atom stereocenters. The maximum Gasteiger partial charge on any atom is 0.257 e. The highest BCUT2D eigenvalue weighted by atomic mass is 16.2. The van der Waals surface area contributed by atoms with E-state index < -0.39 is 5.54 Å². The first-order valence-corrected chi connectivity index (χ1v) is 8.81. The number of aliphatic imine (C=N–C) groups is 1. The van der Waals surface area contributed by atoms with E-state index in [9.17, 15) is 9.59 Å². The first-order chi connectivity index (χ1) is 11.7. The molecule has 0 bridgehead atoms. The summed E-state index contributed by atoms with van der Waals surface area (Å²) >= 11 is 0. The Hall–Kier alpha value is -2.37. The van der Waals surface area contributed by atoms with Crippen molar-refractivity contribution in [2.75, 3.05) is 5.32 Å². The minimum Gasteiger partial charge on any atom is -0.369 e. The van der Waals surface area contributed by atoms with Crippen LogP contribution in [0.1, 0.15) is 52.5 Å². The summed E-state index contributed by atoms with van der Waals surface area (Å²) in [5.74, 6) is 0.578. The van der Waals surface area contributed by atoms with Crippen molar-refractivity contribution in [3.63, 3.8) is 0 Å². The third kappa shape index (κ3) is 4.59. The average Bonchev–Trinajstić information content (AvgIpc) is 2.71. The average molecular weight is 344 g/mol. The summed E-state index contributed by atoms with van der Waals surface area (Å²) in [7, 11) is 0. The summed E-state index contributed by atoms with van der Waals surface area (Å²) in [4.78, 5) is 30.3. The maximum atomic E-state index is 12.7. The number of hydrogen-bond acceptors (Lipinski definition) is 4. The lowest BCUT2D eigenvalue weighted by atomic mass is 9.91. The van der Waals surface area contributed by atoms with Crippen molar-refractivity contribution < 1.29 is 9.59 Å². The molecule has 25 heavy (non-hydrogen) atoms. The zero-order valence-corrected chi connectivity index (χ0v) is 15.5. The van der Waals surface area contributed by atoms with Crippen LogP contribution in [0.3, 0.4) is 0 Å². The van der Waals surface area contributed by atoms with E-state index in [1.54, 1.807) is 0 Å². The van der Waals surface area contributed by atoms with E-state index in [4.69, 9.17) is 5.73 Å². The SMILES string of the molecule is CCCC(=O)Nc1ccc(CN2C(=O)C(C)(CC(C)C)N=C2N)cc1. The lowest BCUT2D eigenvalue weighted by Gasteiger charge is -2.23. The molecular weight excluding hydrogens is 316 g/mol. The van der Waals surface area contributed by atoms with Crippen LogP contribution in [-0.4, -0.2) is 28.2 Å². The van der Waals surface area contributed by atoms with Crippen LogP contribution < -0.4 is 11.1 Å². The minimum atomic E-state index is -0.772. The standard InChI is InChI=1S/C19H28N4O2/c1-5-6-16(24)21-15-9-7-14(8-10-15)12-23-17(25)19(4,11-13(2)3)22-18(23)20/h7-10,13H,5-6,11-12H2,1-4H3,(H2,20,22)(H,21,24). The number of benzene rings is 1. The van der Waals surface area contributed by atoms with Crippen molar-refractivity contribution in [3.05, 3.63) is 29.8 Å². The van der Waals surface area contributed by atoms with Gasteiger partial charge in [-0.25, -0.2) is 4.99 Å². The van der Waals surface area contributed by atoms with E-state index in [0.717, 1.165) is 17.7 Å². The van der Waals surface area contributed by atoms with Crippen LogP contribution in [0, 0.1) is 5.92 Å². The van der Waals surface area contributed by atoms with E-state index in [1.165, 1.54) is 4.90 Å². The highest BCUT2D eigenvalue weighted by Crippen LogP contribution is 2.29. The quantitative estimate of drug-likeness (QED) is 0.797. The predicted octanol–water partition coefficient (Wildman–Crippen LogP) is 2.89. The molecule has 1 aliphatic rings. The van der Waals surface area contributed by atoms with Crippen LogP contribution in [0.15, 0.2) is 29.3 Å². The number of hydrogen-bond donors (Lipinski definition) is 2. The van der Waals surface area contributed by atoms with Crippen LogP contribution in [0.2, 0.25) is 0 Å². The molecule has 1 aromatic rings. The van der Waals surface area contributed by atoms with Crippen molar-refractivity contribution in [1.29, 1.82) is 0 Å². The third-order valence-electron chi connectivity index (χ3n) is 4.20. The molecule has 6 nitrogen and oxygen atoms in total. The molecule has 0 saturated carbocycles. The van der Waals surface area contributed by atoms with Gasteiger partial charge in [0.2, 0.25) is 5.91 Å². The monoisotopic (exact) mass is 344 g/mol. The number of anilines is 1. The third-order valence-corrected chi connectivity index (χ3v) is 4.20. The molecule has 0 spiro atoms. The second-order valence-electron chi connectivity index (χ2n) is 7.23. The van der Waals surface area contributed by atoms with Crippen LogP contribution in [0.5, 0.6) is 0 Å². The first-order valence-electron chi connectivity index (χ1n) is 8.81. The molecule has 2 amide bonds. The van der Waals surface area contributed by atoms with Gasteiger partial charge in [0, 0.05) is 12.1 Å². The maximum absolute atomic E-state index is 12.7. The summed E-state index contributed by atoms with van der Waals surface area (Å²) in [5.41, 5.74) is 6.91. The summed E-state index contributed by atoms with van der Waals surface area (Å²) in [5, 5.41) is 2.85. The molecule has 0 saturated heterocycles. The van der Waals surface area contributed by atoms with Crippen molar-refractivity contribution in [3.8, 4) is 0 Å². The topological polar surface area (TPSA) is 87.8 Å². The van der Waals surface area contributed by atoms with Gasteiger partial charge in [-0.3, -0.25) is 14.5 Å². The lowest BCUT2D eigenvalue weighted by Crippen LogP contribution is -2.43. The molecule has 1 atom stereocenters. The van der Waals surface area contributed by atoms with Gasteiger partial charge < -0.3 is 11.1 Å². The Morgan fingerprint density at radius 2 is 1.96 bits per heavy atom. The highest BCUT2D eigenvalue weighted by Gasteiger charge is 2.43. The van der Waals surface area contributed by atoms with Gasteiger partial charge in [0.05, 0.1) is 6.54 Å². The van der Waals surface area contributed by atoms with E-state index >= 15 is 0 Å². The zero-order chi connectivity index (χ0) is 18.6. The van der Waals surface area contributed by atoms with Crippen molar-refractivity contribution in [1.82, 2.24) is 4.90 Å². The van der Waals surface area contributed by atoms with Crippen LogP contribution in [0.25, 0.3) is 0 Å². The molecular formula is C19H28N4O2. The Bertz CT molecular complexity index is 667. The number of rotatable bonds is 7. The van der Waals surface area contributed by atoms with Gasteiger partial charge in [-0.15, -0.1) is 0 Å². The highest BCUT2D eigenvalue weighted by molar-refractivity contribution is 6.06. The normalized spacial score (nSPS) is 20.1. The number of nitrogens with one attached hydrogen (secondary N) is 1. The largest absolute Gasteiger partial charge is 0.369 e. The molecule has 1 aliphatic heterocycles. The lowest BCUT2D eigenvalue weighted by molar-refractivity contribution is -0.131. The Kier molecular flexibility index (Phi) is 5.82. The second kappa shape index (κ2) is 7.68. The minimum absolute atomic E-state index is 0.00537. The zero-order valence-electron chi connectivity index (χ0n) is 15.5. The van der Waals surface area contributed by atoms with E-state index in [-0.39, 0.29) is 17.8 Å². The van der Waals surface area contributed by atoms with Crippen LogP contribution >= 0.6 is 0 Å². The summed E-state index contributed by atoms with van der Waals surface area (Å²) in [6.45, 7) is 8.32. The van der Waals surface area contributed by atoms with Gasteiger partial charge in [-0.05, 0) is 43.4 Å². The first kappa shape index (κ1) is 19.0. The van der Waals surface area contributed by atoms with E-state index in [2.05, 4.69) is 24.2 Å². The van der Waals surface area contributed by atoms with Crippen molar-refractivity contribution in [2.24, 2.45) is 16.6 Å². The number of carbonyl (C=O) groups excluding carboxylic acids is 2. The molecule has 2 rings (SSSR count). The van der Waals surface area contributed by atoms with Crippen molar-refractivity contribution in [2.45, 2.75) is 59.0 Å². The Morgan fingerprint density at radius 1 is 1.32 bits per heavy atom. The summed E-state index contributed by atoms with van der Waals surface area (Å²) < 4.78 is 0. The Labute approximate surface area is 149 Å². The molecule has 3 N–H and O–H groups in total. The van der Waals surface area contributed by atoms with E-state index in [0.29, 0.717) is 25.3 Å². The van der Waals surface area contributed by atoms with E-state index in [1.807, 2.05) is 38.1 Å². The van der Waals surface area contributed by atoms with Crippen LogP contribution in [-0.2, 0) is 16.1 Å². The number of carbonyl (C=O) groups is 2. The number of guanidine groups is 1. The number of nitrogens with zero attached hydrogens (tertiary/aromatic N) is 2. The molecule has 0 aromatic heterocycles. The number of amides is 2. The number of nitrogens with two attached hydrogens (primary N) is 1. The fraction of sp³-hybridized carbons (Fsp3) is 0.526. The molecule has 0 aliphatic carbocycles. The molecule has 136 valence electrons. The molecule has 0 radical (unpaired) electrons. The summed E-state index contributed by atoms with van der Waals surface area (Å²) in [6.07, 6.45) is 1.99. The predicted molar refractivity (Wildman–Crippen MR) is 100 cm³/mol. The molecule has 0 fully saturated rings. The van der Waals surface area contributed by atoms with Gasteiger partial charge in [-0.1, -0.05) is 32.9 Å². The molecule has 1 aromatic carbocycles. The van der Waals surface area contributed by atoms with Crippen LogP contribution in [0.4, 0.5) is 5.69 Å². The van der Waals surface area contributed by atoms with Gasteiger partial charge in [0.15, 0.2) is 5.96 Å². The second-order valence-corrected chi connectivity index (χ2v) is 7.23. The fourth-order valence-corrected chi connectivity index (χ4v) is 3.16. The Morgan fingerprint density at radius 3 is 2.52 bits per heavy atom. The van der Waals surface area contributed by atoms with Gasteiger partial charge in [0.25, 0.3) is 5.91 Å². The smallest absolute Gasteiger partial charge is 0.257 e. The Balaban J connectivity index is 2.04. The molecule has 6 heteroatoms. The molecule has 1 heterocycles. The van der Waals surface area contributed by atoms with Gasteiger partial charge in [-0.2, -0.15) is 0 Å². The van der Waals surface area contributed by atoms with Gasteiger partial charge >= 0.3 is 0 Å². The fourth-order valence-electron chi connectivity index (χ4n) is 3.16. The van der Waals surface area contributed by atoms with Gasteiger partial charge in [0.1, 0.15) is 5.54 Å². The van der Waals surface area contributed by atoms with Crippen molar-refractivity contribution >= 4 is 23.5 Å². The summed E-state index contributed by atoms with van der Waals surface area (Å²) in [6, 6.07) is 7.45.